The van der Waals surface area contributed by atoms with Crippen molar-refractivity contribution in [3.05, 3.63) is 18.0 Å². The van der Waals surface area contributed by atoms with Crippen LogP contribution in [0.15, 0.2) is 17.6 Å². The van der Waals surface area contributed by atoms with Gasteiger partial charge in [-0.2, -0.15) is 0 Å². The summed E-state index contributed by atoms with van der Waals surface area (Å²) in [5.41, 5.74) is 1.09. The van der Waals surface area contributed by atoms with Gasteiger partial charge in [0.1, 0.15) is 0 Å². The minimum absolute atomic E-state index is 0.404. The van der Waals surface area contributed by atoms with E-state index in [2.05, 4.69) is 15.3 Å². The van der Waals surface area contributed by atoms with E-state index in [0.29, 0.717) is 11.3 Å². The molecule has 1 fully saturated rings. The number of ether oxygens (including phenoxy) is 1. The van der Waals surface area contributed by atoms with E-state index in [1.807, 2.05) is 26.4 Å². The smallest absolute Gasteiger partial charge is 0.187 e. The highest BCUT2D eigenvalue weighted by atomic mass is 32.2. The van der Waals surface area contributed by atoms with E-state index < -0.39 is 0 Å². The van der Waals surface area contributed by atoms with Gasteiger partial charge in [-0.3, -0.25) is 0 Å². The summed E-state index contributed by atoms with van der Waals surface area (Å²) in [5, 5.41) is 4.57. The molecule has 2 heterocycles. The second-order valence-corrected chi connectivity index (χ2v) is 5.16. The molecule has 2 atom stereocenters. The van der Waals surface area contributed by atoms with Crippen molar-refractivity contribution in [3.8, 4) is 0 Å². The van der Waals surface area contributed by atoms with Crippen LogP contribution in [0.3, 0.4) is 0 Å². The van der Waals surface area contributed by atoms with Gasteiger partial charge >= 0.3 is 0 Å². The maximum atomic E-state index is 5.49. The Labute approximate surface area is 100 Å². The van der Waals surface area contributed by atoms with Crippen molar-refractivity contribution in [2.75, 3.05) is 20.3 Å². The summed E-state index contributed by atoms with van der Waals surface area (Å²) in [5.74, 6) is 0. The van der Waals surface area contributed by atoms with Gasteiger partial charge in [0.15, 0.2) is 5.16 Å². The first-order valence-corrected chi connectivity index (χ1v) is 6.38. The number of aromatic nitrogens is 2. The predicted molar refractivity (Wildman–Crippen MR) is 64.7 cm³/mol. The Morgan fingerprint density at radius 2 is 2.19 bits per heavy atom. The highest BCUT2D eigenvalue weighted by Crippen LogP contribution is 2.26. The SMILES string of the molecule is CNC1CCOCC1Sc1ncc(C)cn1. The molecule has 1 aromatic heterocycles. The van der Waals surface area contributed by atoms with Gasteiger partial charge in [0.2, 0.25) is 0 Å². The zero-order valence-corrected chi connectivity index (χ0v) is 10.5. The summed E-state index contributed by atoms with van der Waals surface area (Å²) in [6.45, 7) is 3.61. The zero-order valence-electron chi connectivity index (χ0n) is 9.64. The van der Waals surface area contributed by atoms with E-state index in [0.717, 1.165) is 30.4 Å². The van der Waals surface area contributed by atoms with E-state index in [-0.39, 0.29) is 0 Å². The Bertz CT molecular complexity index is 331. The second-order valence-electron chi connectivity index (χ2n) is 3.96. The average molecular weight is 239 g/mol. The minimum atomic E-state index is 0.404. The van der Waals surface area contributed by atoms with Crippen LogP contribution in [-0.4, -0.2) is 41.5 Å². The summed E-state index contributed by atoms with van der Waals surface area (Å²) in [4.78, 5) is 8.62. The Morgan fingerprint density at radius 3 is 2.88 bits per heavy atom. The molecule has 1 aliphatic heterocycles. The summed E-state index contributed by atoms with van der Waals surface area (Å²) in [7, 11) is 2.00. The molecule has 1 saturated heterocycles. The molecule has 5 heteroatoms. The third-order valence-electron chi connectivity index (χ3n) is 2.69. The van der Waals surface area contributed by atoms with Crippen molar-refractivity contribution in [2.45, 2.75) is 29.8 Å². The van der Waals surface area contributed by atoms with Crippen LogP contribution in [0.5, 0.6) is 0 Å². The third kappa shape index (κ3) is 2.93. The van der Waals surface area contributed by atoms with E-state index in [4.69, 9.17) is 4.74 Å². The van der Waals surface area contributed by atoms with Gasteiger partial charge in [0.25, 0.3) is 0 Å². The number of aryl methyl sites for hydroxylation is 1. The molecule has 88 valence electrons. The van der Waals surface area contributed by atoms with Crippen molar-refractivity contribution in [2.24, 2.45) is 0 Å². The number of nitrogens with one attached hydrogen (secondary N) is 1. The van der Waals surface area contributed by atoms with Crippen LogP contribution in [0, 0.1) is 6.92 Å². The monoisotopic (exact) mass is 239 g/mol. The normalized spacial score (nSPS) is 25.6. The fraction of sp³-hybridized carbons (Fsp3) is 0.636. The molecule has 0 radical (unpaired) electrons. The largest absolute Gasteiger partial charge is 0.380 e. The number of rotatable bonds is 3. The first-order valence-electron chi connectivity index (χ1n) is 5.50. The summed E-state index contributed by atoms with van der Waals surface area (Å²) in [6, 6.07) is 0.489. The second kappa shape index (κ2) is 5.61. The van der Waals surface area contributed by atoms with Crippen molar-refractivity contribution in [1.29, 1.82) is 0 Å². The highest BCUT2D eigenvalue weighted by molar-refractivity contribution is 7.99. The lowest BCUT2D eigenvalue weighted by Crippen LogP contribution is -2.43. The van der Waals surface area contributed by atoms with Crippen molar-refractivity contribution < 1.29 is 4.74 Å². The Balaban J connectivity index is 1.99. The van der Waals surface area contributed by atoms with Gasteiger partial charge < -0.3 is 10.1 Å². The van der Waals surface area contributed by atoms with Crippen LogP contribution in [0.25, 0.3) is 0 Å². The molecule has 0 saturated carbocycles. The first kappa shape index (κ1) is 11.8. The van der Waals surface area contributed by atoms with Crippen LogP contribution in [-0.2, 0) is 4.74 Å². The molecule has 1 aromatic rings. The van der Waals surface area contributed by atoms with Gasteiger partial charge in [-0.1, -0.05) is 11.8 Å². The highest BCUT2D eigenvalue weighted by Gasteiger charge is 2.26. The predicted octanol–water partition coefficient (Wildman–Crippen LogP) is 1.25. The summed E-state index contributed by atoms with van der Waals surface area (Å²) < 4.78 is 5.49. The summed E-state index contributed by atoms with van der Waals surface area (Å²) in [6.07, 6.45) is 4.76. The van der Waals surface area contributed by atoms with E-state index >= 15 is 0 Å². The van der Waals surface area contributed by atoms with Crippen molar-refractivity contribution >= 4 is 11.8 Å². The zero-order chi connectivity index (χ0) is 11.4. The van der Waals surface area contributed by atoms with Crippen LogP contribution >= 0.6 is 11.8 Å². The van der Waals surface area contributed by atoms with Gasteiger partial charge in [-0.15, -0.1) is 0 Å². The number of nitrogens with zero attached hydrogens (tertiary/aromatic N) is 2. The van der Waals surface area contributed by atoms with E-state index in [1.165, 1.54) is 0 Å². The van der Waals surface area contributed by atoms with Gasteiger partial charge in [-0.25, -0.2) is 9.97 Å². The topological polar surface area (TPSA) is 47.0 Å². The minimum Gasteiger partial charge on any atom is -0.380 e. The van der Waals surface area contributed by atoms with Crippen molar-refractivity contribution in [1.82, 2.24) is 15.3 Å². The fourth-order valence-electron chi connectivity index (χ4n) is 1.74. The Kier molecular flexibility index (Phi) is 4.15. The maximum absolute atomic E-state index is 5.49. The average Bonchev–Trinajstić information content (AvgIpc) is 2.33. The molecule has 1 N–H and O–H groups in total. The molecule has 0 spiro atoms. The molecule has 0 amide bonds. The molecule has 16 heavy (non-hydrogen) atoms. The van der Waals surface area contributed by atoms with Gasteiger partial charge in [0.05, 0.1) is 11.9 Å². The third-order valence-corrected chi connectivity index (χ3v) is 3.88. The van der Waals surface area contributed by atoms with Gasteiger partial charge in [0, 0.05) is 25.0 Å². The number of hydrogen-bond acceptors (Lipinski definition) is 5. The fourth-order valence-corrected chi connectivity index (χ4v) is 2.83. The van der Waals surface area contributed by atoms with Crippen molar-refractivity contribution in [3.63, 3.8) is 0 Å². The Hall–Kier alpha value is -0.650. The quantitative estimate of drug-likeness (QED) is 0.805. The van der Waals surface area contributed by atoms with Crippen LogP contribution in [0.1, 0.15) is 12.0 Å². The first-order chi connectivity index (χ1) is 7.79. The number of thioether (sulfide) groups is 1. The van der Waals surface area contributed by atoms with E-state index in [9.17, 15) is 0 Å². The molecule has 0 aliphatic carbocycles. The van der Waals surface area contributed by atoms with Gasteiger partial charge in [-0.05, 0) is 26.0 Å². The Morgan fingerprint density at radius 1 is 1.44 bits per heavy atom. The van der Waals surface area contributed by atoms with Crippen LogP contribution in [0.4, 0.5) is 0 Å². The lowest BCUT2D eigenvalue weighted by Gasteiger charge is -2.30. The van der Waals surface area contributed by atoms with Crippen LogP contribution in [0.2, 0.25) is 0 Å². The van der Waals surface area contributed by atoms with E-state index in [1.54, 1.807) is 11.8 Å². The molecule has 1 aliphatic rings. The molecular weight excluding hydrogens is 222 g/mol. The summed E-state index contributed by atoms with van der Waals surface area (Å²) >= 11 is 1.70. The molecular formula is C11H17N3OS. The lowest BCUT2D eigenvalue weighted by atomic mass is 10.1. The number of hydrogen-bond donors (Lipinski definition) is 1. The molecule has 0 aromatic carbocycles. The molecule has 2 rings (SSSR count). The molecule has 0 bridgehead atoms. The standard InChI is InChI=1S/C11H17N3OS/c1-8-5-13-11(14-6-8)16-10-7-15-4-3-9(10)12-2/h5-6,9-10,12H,3-4,7H2,1-2H3. The maximum Gasteiger partial charge on any atom is 0.187 e. The van der Waals surface area contributed by atoms with Crippen LogP contribution < -0.4 is 5.32 Å². The molecule has 4 nitrogen and oxygen atoms in total. The molecule has 2 unspecified atom stereocenters. The lowest BCUT2D eigenvalue weighted by molar-refractivity contribution is 0.0850.